The van der Waals surface area contributed by atoms with E-state index in [1.54, 1.807) is 0 Å². The first-order chi connectivity index (χ1) is 11.7. The molecule has 2 aromatic carbocycles. The molecular formula is C20H21BrN2O. The van der Waals surface area contributed by atoms with E-state index in [0.717, 1.165) is 33.6 Å². The maximum atomic E-state index is 5.93. The summed E-state index contributed by atoms with van der Waals surface area (Å²) in [5, 5.41) is 0. The predicted octanol–water partition coefficient (Wildman–Crippen LogP) is 5.49. The van der Waals surface area contributed by atoms with E-state index in [-0.39, 0.29) is 0 Å². The molecule has 24 heavy (non-hydrogen) atoms. The topological polar surface area (TPSA) is 29.3 Å². The molecule has 1 unspecified atom stereocenters. The highest BCUT2D eigenvalue weighted by Crippen LogP contribution is 2.27. The van der Waals surface area contributed by atoms with Gasteiger partial charge in [0.05, 0.1) is 0 Å². The maximum Gasteiger partial charge on any atom is 0.227 e. The average molecular weight is 385 g/mol. The molecule has 1 aromatic heterocycles. The molecule has 3 aromatic rings. The summed E-state index contributed by atoms with van der Waals surface area (Å²) in [6.07, 6.45) is 2.66. The Labute approximate surface area is 150 Å². The number of piperidine rings is 1. The third-order valence-corrected chi connectivity index (χ3v) is 5.16. The molecule has 2 heterocycles. The van der Waals surface area contributed by atoms with Gasteiger partial charge >= 0.3 is 0 Å². The Kier molecular flexibility index (Phi) is 4.42. The first-order valence-corrected chi connectivity index (χ1v) is 9.34. The number of likely N-dealkylation sites (tertiary alicyclic amines) is 1. The molecule has 0 radical (unpaired) electrons. The quantitative estimate of drug-likeness (QED) is 0.597. The van der Waals surface area contributed by atoms with Crippen molar-refractivity contribution >= 4 is 27.0 Å². The summed E-state index contributed by atoms with van der Waals surface area (Å²) in [5.41, 5.74) is 4.09. The van der Waals surface area contributed by atoms with Crippen molar-refractivity contribution in [3.05, 3.63) is 52.5 Å². The van der Waals surface area contributed by atoms with E-state index < -0.39 is 0 Å². The van der Waals surface area contributed by atoms with Gasteiger partial charge in [0.2, 0.25) is 5.89 Å². The fourth-order valence-electron chi connectivity index (χ4n) is 3.50. The largest absolute Gasteiger partial charge is 0.436 e. The van der Waals surface area contributed by atoms with Crippen LogP contribution in [0, 0.1) is 5.92 Å². The van der Waals surface area contributed by atoms with Gasteiger partial charge in [-0.15, -0.1) is 0 Å². The first-order valence-electron chi connectivity index (χ1n) is 8.55. The smallest absolute Gasteiger partial charge is 0.227 e. The Morgan fingerprint density at radius 3 is 3.00 bits per heavy atom. The van der Waals surface area contributed by atoms with Gasteiger partial charge in [0, 0.05) is 23.1 Å². The SMILES string of the molecule is CC1CCCN(Cc2ccc3oc(-c4cccc(Br)c4)nc3c2)C1. The molecule has 1 atom stereocenters. The van der Waals surface area contributed by atoms with Gasteiger partial charge < -0.3 is 4.42 Å². The Morgan fingerprint density at radius 1 is 1.25 bits per heavy atom. The summed E-state index contributed by atoms with van der Waals surface area (Å²) in [7, 11) is 0. The number of aromatic nitrogens is 1. The molecule has 0 aliphatic carbocycles. The van der Waals surface area contributed by atoms with Crippen molar-refractivity contribution in [1.29, 1.82) is 0 Å². The van der Waals surface area contributed by atoms with Crippen molar-refractivity contribution < 1.29 is 4.42 Å². The molecular weight excluding hydrogens is 364 g/mol. The minimum atomic E-state index is 0.676. The molecule has 1 saturated heterocycles. The second-order valence-electron chi connectivity index (χ2n) is 6.81. The van der Waals surface area contributed by atoms with Gasteiger partial charge in [0.25, 0.3) is 0 Å². The Hall–Kier alpha value is -1.65. The van der Waals surface area contributed by atoms with Crippen molar-refractivity contribution in [2.45, 2.75) is 26.3 Å². The number of oxazole rings is 1. The zero-order valence-corrected chi connectivity index (χ0v) is 15.4. The Morgan fingerprint density at radius 2 is 2.17 bits per heavy atom. The van der Waals surface area contributed by atoms with Crippen LogP contribution in [-0.4, -0.2) is 23.0 Å². The second kappa shape index (κ2) is 6.69. The molecule has 1 fully saturated rings. The number of fused-ring (bicyclic) bond motifs is 1. The van der Waals surface area contributed by atoms with Crippen LogP contribution >= 0.6 is 15.9 Å². The van der Waals surface area contributed by atoms with Crippen LogP contribution < -0.4 is 0 Å². The van der Waals surface area contributed by atoms with Crippen LogP contribution in [0.15, 0.2) is 51.4 Å². The fourth-order valence-corrected chi connectivity index (χ4v) is 3.90. The number of hydrogen-bond acceptors (Lipinski definition) is 3. The van der Waals surface area contributed by atoms with Crippen molar-refractivity contribution in [1.82, 2.24) is 9.88 Å². The maximum absolute atomic E-state index is 5.93. The number of halogens is 1. The van der Waals surface area contributed by atoms with E-state index in [4.69, 9.17) is 4.42 Å². The molecule has 0 amide bonds. The average Bonchev–Trinajstić information content (AvgIpc) is 2.98. The van der Waals surface area contributed by atoms with Crippen LogP contribution in [0.3, 0.4) is 0 Å². The summed E-state index contributed by atoms with van der Waals surface area (Å²) in [4.78, 5) is 7.23. The summed E-state index contributed by atoms with van der Waals surface area (Å²) in [6, 6.07) is 14.4. The molecule has 1 aliphatic heterocycles. The highest BCUT2D eigenvalue weighted by molar-refractivity contribution is 9.10. The minimum absolute atomic E-state index is 0.676. The van der Waals surface area contributed by atoms with Crippen molar-refractivity contribution in [3.8, 4) is 11.5 Å². The van der Waals surface area contributed by atoms with Crippen LogP contribution in [0.2, 0.25) is 0 Å². The third-order valence-electron chi connectivity index (χ3n) is 4.67. The van der Waals surface area contributed by atoms with Gasteiger partial charge in [-0.05, 0) is 61.2 Å². The number of rotatable bonds is 3. The normalized spacial score (nSPS) is 19.0. The summed E-state index contributed by atoms with van der Waals surface area (Å²) in [6.45, 7) is 5.74. The highest BCUT2D eigenvalue weighted by atomic mass is 79.9. The molecule has 124 valence electrons. The second-order valence-corrected chi connectivity index (χ2v) is 7.73. The Bertz CT molecular complexity index is 858. The van der Waals surface area contributed by atoms with Gasteiger partial charge in [-0.25, -0.2) is 4.98 Å². The number of nitrogens with zero attached hydrogens (tertiary/aromatic N) is 2. The number of benzene rings is 2. The molecule has 1 aliphatic rings. The lowest BCUT2D eigenvalue weighted by molar-refractivity contribution is 0.176. The third kappa shape index (κ3) is 3.40. The zero-order chi connectivity index (χ0) is 16.5. The lowest BCUT2D eigenvalue weighted by Gasteiger charge is -2.30. The van der Waals surface area contributed by atoms with E-state index in [0.29, 0.717) is 5.89 Å². The molecule has 3 nitrogen and oxygen atoms in total. The lowest BCUT2D eigenvalue weighted by Crippen LogP contribution is -2.33. The van der Waals surface area contributed by atoms with Gasteiger partial charge in [-0.1, -0.05) is 35.0 Å². The van der Waals surface area contributed by atoms with Crippen LogP contribution in [0.1, 0.15) is 25.3 Å². The minimum Gasteiger partial charge on any atom is -0.436 e. The molecule has 4 heteroatoms. The summed E-state index contributed by atoms with van der Waals surface area (Å²) >= 11 is 3.50. The van der Waals surface area contributed by atoms with Gasteiger partial charge in [-0.2, -0.15) is 0 Å². The van der Waals surface area contributed by atoms with Crippen LogP contribution in [0.4, 0.5) is 0 Å². The monoisotopic (exact) mass is 384 g/mol. The van der Waals surface area contributed by atoms with E-state index in [1.165, 1.54) is 31.5 Å². The fraction of sp³-hybridized carbons (Fsp3) is 0.350. The van der Waals surface area contributed by atoms with Gasteiger partial charge in [-0.3, -0.25) is 4.90 Å². The van der Waals surface area contributed by atoms with E-state index in [2.05, 4.69) is 44.9 Å². The molecule has 0 saturated carbocycles. The molecule has 0 spiro atoms. The lowest BCUT2D eigenvalue weighted by atomic mass is 10.00. The summed E-state index contributed by atoms with van der Waals surface area (Å²) in [5.74, 6) is 1.48. The molecule has 0 bridgehead atoms. The first kappa shape index (κ1) is 15.9. The van der Waals surface area contributed by atoms with E-state index in [9.17, 15) is 0 Å². The van der Waals surface area contributed by atoms with Crippen LogP contribution in [0.25, 0.3) is 22.6 Å². The van der Waals surface area contributed by atoms with Crippen LogP contribution in [0.5, 0.6) is 0 Å². The van der Waals surface area contributed by atoms with Crippen molar-refractivity contribution in [3.63, 3.8) is 0 Å². The Balaban J connectivity index is 1.59. The number of hydrogen-bond donors (Lipinski definition) is 0. The van der Waals surface area contributed by atoms with E-state index in [1.807, 2.05) is 30.3 Å². The van der Waals surface area contributed by atoms with Crippen molar-refractivity contribution in [2.24, 2.45) is 5.92 Å². The van der Waals surface area contributed by atoms with Gasteiger partial charge in [0.15, 0.2) is 5.58 Å². The van der Waals surface area contributed by atoms with Gasteiger partial charge in [0.1, 0.15) is 5.52 Å². The van der Waals surface area contributed by atoms with E-state index >= 15 is 0 Å². The van der Waals surface area contributed by atoms with Crippen LogP contribution in [-0.2, 0) is 6.54 Å². The standard InChI is InChI=1S/C20H21BrN2O/c1-14-4-3-9-23(12-14)13-15-7-8-19-18(10-15)22-20(24-19)16-5-2-6-17(21)11-16/h2,5-8,10-11,14H,3-4,9,12-13H2,1H3. The van der Waals surface area contributed by atoms with Crippen molar-refractivity contribution in [2.75, 3.05) is 13.1 Å². The predicted molar refractivity (Wildman–Crippen MR) is 101 cm³/mol. The molecule has 4 rings (SSSR count). The highest BCUT2D eigenvalue weighted by Gasteiger charge is 2.17. The zero-order valence-electron chi connectivity index (χ0n) is 13.8. The molecule has 0 N–H and O–H groups in total. The summed E-state index contributed by atoms with van der Waals surface area (Å²) < 4.78 is 6.96.